The zero-order valence-corrected chi connectivity index (χ0v) is 23.5. The van der Waals surface area contributed by atoms with Crippen LogP contribution in [0.4, 0.5) is 0 Å². The second-order valence-electron chi connectivity index (χ2n) is 11.2. The van der Waals surface area contributed by atoms with Crippen molar-refractivity contribution in [2.24, 2.45) is 11.3 Å². The average molecular weight is 559 g/mol. The molecule has 10 heteroatoms. The van der Waals surface area contributed by atoms with Gasteiger partial charge in [0.1, 0.15) is 0 Å². The molecule has 0 N–H and O–H groups in total. The van der Waals surface area contributed by atoms with Gasteiger partial charge in [-0.3, -0.25) is 14.4 Å². The topological polar surface area (TPSA) is 86.7 Å². The summed E-state index contributed by atoms with van der Waals surface area (Å²) in [5.74, 6) is -0.120. The Morgan fingerprint density at radius 1 is 1.03 bits per heavy atom. The van der Waals surface area contributed by atoms with E-state index in [4.69, 9.17) is 23.2 Å². The molecule has 2 aliphatic heterocycles. The number of likely N-dealkylation sites (tertiary alicyclic amines) is 2. The van der Waals surface area contributed by atoms with Gasteiger partial charge in [-0.1, -0.05) is 36.2 Å². The SMILES string of the molecule is Cc1cc(C(=O)N(C)C2CN(C(=O)C3CCN(C(=O)C4(C)CC4)CC3)CC2c2ccc(Cl)c(Cl)c2)cnn1. The quantitative estimate of drug-likeness (QED) is 0.549. The number of piperidine rings is 1. The van der Waals surface area contributed by atoms with Crippen LogP contribution in [0.3, 0.4) is 0 Å². The highest BCUT2D eigenvalue weighted by Gasteiger charge is 2.48. The molecule has 3 heterocycles. The molecule has 5 rings (SSSR count). The average Bonchev–Trinajstić information content (AvgIpc) is 3.52. The lowest BCUT2D eigenvalue weighted by Crippen LogP contribution is -2.46. The van der Waals surface area contributed by atoms with Crippen LogP contribution in [0.1, 0.15) is 60.1 Å². The molecular weight excluding hydrogens is 525 g/mol. The maximum Gasteiger partial charge on any atom is 0.255 e. The largest absolute Gasteiger partial charge is 0.342 e. The van der Waals surface area contributed by atoms with E-state index < -0.39 is 0 Å². The van der Waals surface area contributed by atoms with Crippen LogP contribution in [-0.4, -0.2) is 81.9 Å². The molecule has 3 amide bonds. The van der Waals surface area contributed by atoms with Gasteiger partial charge < -0.3 is 14.7 Å². The predicted octanol–water partition coefficient (Wildman–Crippen LogP) is 4.20. The second kappa shape index (κ2) is 10.5. The van der Waals surface area contributed by atoms with Gasteiger partial charge in [-0.2, -0.15) is 10.2 Å². The summed E-state index contributed by atoms with van der Waals surface area (Å²) in [5.41, 5.74) is 1.86. The first-order chi connectivity index (χ1) is 18.1. The van der Waals surface area contributed by atoms with E-state index >= 15 is 0 Å². The van der Waals surface area contributed by atoms with Crippen LogP contribution < -0.4 is 0 Å². The number of benzene rings is 1. The van der Waals surface area contributed by atoms with Crippen molar-refractivity contribution in [1.29, 1.82) is 0 Å². The fraction of sp³-hybridized carbons (Fsp3) is 0.536. The number of hydrogen-bond acceptors (Lipinski definition) is 5. The number of halogens is 2. The van der Waals surface area contributed by atoms with E-state index in [-0.39, 0.29) is 41.0 Å². The summed E-state index contributed by atoms with van der Waals surface area (Å²) in [7, 11) is 1.77. The number of amides is 3. The number of nitrogens with zero attached hydrogens (tertiary/aromatic N) is 5. The minimum atomic E-state index is -0.256. The van der Waals surface area contributed by atoms with Crippen molar-refractivity contribution in [2.75, 3.05) is 33.2 Å². The van der Waals surface area contributed by atoms with Crippen molar-refractivity contribution < 1.29 is 14.4 Å². The molecule has 3 fully saturated rings. The molecule has 1 aromatic carbocycles. The molecule has 8 nitrogen and oxygen atoms in total. The molecule has 38 heavy (non-hydrogen) atoms. The summed E-state index contributed by atoms with van der Waals surface area (Å²) in [6, 6.07) is 6.96. The lowest BCUT2D eigenvalue weighted by molar-refractivity contribution is -0.142. The summed E-state index contributed by atoms with van der Waals surface area (Å²) < 4.78 is 0. The lowest BCUT2D eigenvalue weighted by atomic mass is 9.93. The Balaban J connectivity index is 1.33. The molecule has 2 unspecified atom stereocenters. The number of carbonyl (C=O) groups excluding carboxylic acids is 3. The maximum absolute atomic E-state index is 13.7. The highest BCUT2D eigenvalue weighted by atomic mass is 35.5. The van der Waals surface area contributed by atoms with Crippen LogP contribution in [0, 0.1) is 18.3 Å². The van der Waals surface area contributed by atoms with Gasteiger partial charge in [-0.05, 0) is 56.4 Å². The molecule has 1 aliphatic carbocycles. The van der Waals surface area contributed by atoms with E-state index in [0.29, 0.717) is 60.3 Å². The molecule has 202 valence electrons. The van der Waals surface area contributed by atoms with Crippen molar-refractivity contribution in [3.8, 4) is 0 Å². The van der Waals surface area contributed by atoms with E-state index in [1.165, 1.54) is 6.20 Å². The van der Waals surface area contributed by atoms with Crippen LogP contribution in [-0.2, 0) is 9.59 Å². The minimum Gasteiger partial charge on any atom is -0.342 e. The second-order valence-corrected chi connectivity index (χ2v) is 12.0. The summed E-state index contributed by atoms with van der Waals surface area (Å²) in [6.45, 7) is 5.95. The molecule has 0 radical (unpaired) electrons. The molecular formula is C28H33Cl2N5O3. The van der Waals surface area contributed by atoms with Gasteiger partial charge in [0, 0.05) is 50.5 Å². The summed E-state index contributed by atoms with van der Waals surface area (Å²) in [4.78, 5) is 45.4. The Morgan fingerprint density at radius 3 is 2.37 bits per heavy atom. The van der Waals surface area contributed by atoms with Crippen LogP contribution >= 0.6 is 23.2 Å². The van der Waals surface area contributed by atoms with Crippen molar-refractivity contribution >= 4 is 40.9 Å². The third-order valence-corrected chi connectivity index (χ3v) is 9.20. The van der Waals surface area contributed by atoms with Crippen LogP contribution in [0.5, 0.6) is 0 Å². The molecule has 2 aromatic rings. The Morgan fingerprint density at radius 2 is 1.74 bits per heavy atom. The number of hydrogen-bond donors (Lipinski definition) is 0. The predicted molar refractivity (Wildman–Crippen MR) is 145 cm³/mol. The van der Waals surface area contributed by atoms with Gasteiger partial charge in [0.05, 0.1) is 33.5 Å². The van der Waals surface area contributed by atoms with Gasteiger partial charge in [0.15, 0.2) is 0 Å². The third kappa shape index (κ3) is 5.25. The molecule has 0 bridgehead atoms. The first-order valence-corrected chi connectivity index (χ1v) is 13.9. The van der Waals surface area contributed by atoms with Gasteiger partial charge >= 0.3 is 0 Å². The lowest BCUT2D eigenvalue weighted by Gasteiger charge is -2.34. The van der Waals surface area contributed by atoms with E-state index in [2.05, 4.69) is 10.2 Å². The Hall–Kier alpha value is -2.71. The fourth-order valence-corrected chi connectivity index (χ4v) is 6.05. The first kappa shape index (κ1) is 26.9. The van der Waals surface area contributed by atoms with E-state index in [9.17, 15) is 14.4 Å². The van der Waals surface area contributed by atoms with Crippen molar-refractivity contribution in [2.45, 2.75) is 51.5 Å². The number of aryl methyl sites for hydroxylation is 1. The molecule has 1 aromatic heterocycles. The molecule has 1 saturated carbocycles. The van der Waals surface area contributed by atoms with Gasteiger partial charge in [-0.25, -0.2) is 0 Å². The first-order valence-electron chi connectivity index (χ1n) is 13.2. The Kier molecular flexibility index (Phi) is 7.40. The smallest absolute Gasteiger partial charge is 0.255 e. The standard InChI is InChI=1S/C28H33Cl2N5O3/c1-17-12-20(14-31-32-17)25(36)33(3)24-16-35(15-21(24)19-4-5-22(29)23(30)13-19)26(37)18-6-10-34(11-7-18)27(38)28(2)8-9-28/h4-5,12-14,18,21,24H,6-11,15-16H2,1-3H3. The summed E-state index contributed by atoms with van der Waals surface area (Å²) in [6.07, 6.45) is 4.70. The number of rotatable bonds is 5. The van der Waals surface area contributed by atoms with Crippen molar-refractivity contribution in [3.63, 3.8) is 0 Å². The Labute approximate surface area is 233 Å². The zero-order valence-electron chi connectivity index (χ0n) is 22.0. The molecule has 2 saturated heterocycles. The summed E-state index contributed by atoms with van der Waals surface area (Å²) >= 11 is 12.5. The fourth-order valence-electron chi connectivity index (χ4n) is 5.74. The highest BCUT2D eigenvalue weighted by molar-refractivity contribution is 6.42. The molecule has 3 aliphatic rings. The van der Waals surface area contributed by atoms with Crippen LogP contribution in [0.2, 0.25) is 10.0 Å². The van der Waals surface area contributed by atoms with Crippen LogP contribution in [0.25, 0.3) is 0 Å². The van der Waals surface area contributed by atoms with Gasteiger partial charge in [0.25, 0.3) is 5.91 Å². The van der Waals surface area contributed by atoms with Crippen LogP contribution in [0.15, 0.2) is 30.5 Å². The van der Waals surface area contributed by atoms with Gasteiger partial charge in [-0.15, -0.1) is 0 Å². The van der Waals surface area contributed by atoms with Crippen molar-refractivity contribution in [3.05, 3.63) is 57.3 Å². The molecule has 0 spiro atoms. The molecule has 2 atom stereocenters. The van der Waals surface area contributed by atoms with E-state index in [0.717, 1.165) is 18.4 Å². The number of aromatic nitrogens is 2. The van der Waals surface area contributed by atoms with E-state index in [1.54, 1.807) is 31.0 Å². The number of carbonyl (C=O) groups is 3. The van der Waals surface area contributed by atoms with E-state index in [1.807, 2.05) is 28.9 Å². The monoisotopic (exact) mass is 557 g/mol. The number of likely N-dealkylation sites (N-methyl/N-ethyl adjacent to an activating group) is 1. The minimum absolute atomic E-state index is 0.0876. The highest BCUT2D eigenvalue weighted by Crippen LogP contribution is 2.47. The maximum atomic E-state index is 13.7. The Bertz CT molecular complexity index is 1260. The third-order valence-electron chi connectivity index (χ3n) is 8.46. The summed E-state index contributed by atoms with van der Waals surface area (Å²) in [5, 5.41) is 8.79. The van der Waals surface area contributed by atoms with Gasteiger partial charge in [0.2, 0.25) is 11.8 Å². The normalized spacial score (nSPS) is 22.9. The van der Waals surface area contributed by atoms with Crippen molar-refractivity contribution in [1.82, 2.24) is 24.9 Å². The zero-order chi connectivity index (χ0) is 27.2.